The van der Waals surface area contributed by atoms with E-state index in [1.807, 2.05) is 19.1 Å². The molecule has 190 valence electrons. The second-order valence-corrected chi connectivity index (χ2v) is 12.8. The van der Waals surface area contributed by atoms with Crippen molar-refractivity contribution in [1.29, 1.82) is 0 Å². The topological polar surface area (TPSA) is 101 Å². The van der Waals surface area contributed by atoms with E-state index in [2.05, 4.69) is 0 Å². The number of nitrogens with zero attached hydrogens (tertiary/aromatic N) is 1. The van der Waals surface area contributed by atoms with Crippen molar-refractivity contribution in [3.63, 3.8) is 0 Å². The second kappa shape index (κ2) is 10.8. The number of aryl methyl sites for hydroxylation is 1. The monoisotopic (exact) mass is 539 g/mol. The van der Waals surface area contributed by atoms with Crippen molar-refractivity contribution < 1.29 is 27.3 Å². The molecule has 1 unspecified atom stereocenters. The summed E-state index contributed by atoms with van der Waals surface area (Å²) in [5.41, 5.74) is 0.719. The summed E-state index contributed by atoms with van der Waals surface area (Å²) in [6, 6.07) is 12.0. The van der Waals surface area contributed by atoms with Crippen molar-refractivity contribution in [2.75, 3.05) is 13.1 Å². The summed E-state index contributed by atoms with van der Waals surface area (Å²) < 4.78 is 47.1. The van der Waals surface area contributed by atoms with Gasteiger partial charge in [-0.2, -0.15) is 4.31 Å². The van der Waals surface area contributed by atoms with Crippen molar-refractivity contribution in [2.24, 2.45) is 0 Å². The number of sulfonamides is 1. The van der Waals surface area contributed by atoms with Gasteiger partial charge in [0.2, 0.25) is 0 Å². The fourth-order valence-electron chi connectivity index (χ4n) is 3.84. The maximum Gasteiger partial charge on any atom is 0.347 e. The van der Waals surface area contributed by atoms with Crippen LogP contribution in [0.3, 0.4) is 0 Å². The average Bonchev–Trinajstić information content (AvgIpc) is 3.03. The van der Waals surface area contributed by atoms with Gasteiger partial charge in [-0.15, -0.1) is 0 Å². The molecule has 0 aliphatic carbocycles. The summed E-state index contributed by atoms with van der Waals surface area (Å²) in [6.07, 6.45) is 1.81. The normalized spacial score (nSPS) is 16.0. The van der Waals surface area contributed by atoms with Crippen LogP contribution in [0.4, 0.5) is 0 Å². The highest BCUT2D eigenvalue weighted by Crippen LogP contribution is 2.41. The Morgan fingerprint density at radius 3 is 2.40 bits per heavy atom. The molecule has 7 nitrogen and oxygen atoms in total. The number of fused-ring (bicyclic) bond motifs is 1. The van der Waals surface area contributed by atoms with Gasteiger partial charge in [0.25, 0.3) is 10.0 Å². The SMILES string of the molecule is CCCN(CCCc1ccc(OC(C)(C)C(=O)O)cc1)S(=O)(=O)C1=C(C)c2cc(Cl)ccc2S1=O. The van der Waals surface area contributed by atoms with Crippen LogP contribution < -0.4 is 4.74 Å². The average molecular weight is 540 g/mol. The molecule has 0 bridgehead atoms. The minimum atomic E-state index is -3.94. The summed E-state index contributed by atoms with van der Waals surface area (Å²) in [7, 11) is -5.73. The Morgan fingerprint density at radius 2 is 1.80 bits per heavy atom. The van der Waals surface area contributed by atoms with E-state index in [0.29, 0.717) is 52.6 Å². The fourth-order valence-corrected chi connectivity index (χ4v) is 8.07. The Balaban J connectivity index is 1.71. The number of carbonyl (C=O) groups is 1. The lowest BCUT2D eigenvalue weighted by molar-refractivity contribution is -0.152. The quantitative estimate of drug-likeness (QED) is 0.428. The summed E-state index contributed by atoms with van der Waals surface area (Å²) in [6.45, 7) is 7.14. The predicted molar refractivity (Wildman–Crippen MR) is 138 cm³/mol. The van der Waals surface area contributed by atoms with Crippen LogP contribution in [0.5, 0.6) is 5.75 Å². The number of carboxylic acid groups (broad SMARTS) is 1. The van der Waals surface area contributed by atoms with Gasteiger partial charge in [-0.05, 0) is 87.1 Å². The van der Waals surface area contributed by atoms with E-state index in [1.165, 1.54) is 18.2 Å². The highest BCUT2D eigenvalue weighted by molar-refractivity contribution is 8.11. The van der Waals surface area contributed by atoms with Crippen molar-refractivity contribution >= 4 is 44.0 Å². The van der Waals surface area contributed by atoms with Gasteiger partial charge >= 0.3 is 5.97 Å². The number of ether oxygens (including phenoxy) is 1. The number of halogens is 1. The van der Waals surface area contributed by atoms with Crippen LogP contribution in [-0.4, -0.2) is 46.7 Å². The zero-order valence-electron chi connectivity index (χ0n) is 20.2. The number of allylic oxidation sites excluding steroid dienone is 1. The molecular weight excluding hydrogens is 510 g/mol. The minimum Gasteiger partial charge on any atom is -0.478 e. The Morgan fingerprint density at radius 1 is 1.14 bits per heavy atom. The molecule has 0 saturated heterocycles. The van der Waals surface area contributed by atoms with E-state index in [1.54, 1.807) is 37.3 Å². The fraction of sp³-hybridized carbons (Fsp3) is 0.400. The van der Waals surface area contributed by atoms with Gasteiger partial charge in [-0.25, -0.2) is 17.4 Å². The van der Waals surface area contributed by atoms with Crippen molar-refractivity contribution in [3.8, 4) is 5.75 Å². The van der Waals surface area contributed by atoms with Crippen molar-refractivity contribution in [2.45, 2.75) is 57.5 Å². The van der Waals surface area contributed by atoms with Crippen LogP contribution in [0.15, 0.2) is 51.6 Å². The van der Waals surface area contributed by atoms with Crippen LogP contribution in [0.1, 0.15) is 51.7 Å². The van der Waals surface area contributed by atoms with Crippen LogP contribution in [0.25, 0.3) is 5.57 Å². The van der Waals surface area contributed by atoms with Crippen molar-refractivity contribution in [1.82, 2.24) is 4.31 Å². The highest BCUT2D eigenvalue weighted by atomic mass is 35.5. The first-order valence-electron chi connectivity index (χ1n) is 11.3. The Hall–Kier alpha value is -2.20. The van der Waals surface area contributed by atoms with Crippen LogP contribution in [0, 0.1) is 0 Å². The van der Waals surface area contributed by atoms with Crippen LogP contribution in [-0.2, 0) is 32.0 Å². The molecule has 2 aromatic rings. The molecule has 0 radical (unpaired) electrons. The first kappa shape index (κ1) is 27.4. The standard InChI is InChI=1S/C25H30ClNO6S2/c1-5-14-27(15-6-7-18-8-11-20(12-9-18)33-25(3,4)24(28)29)35(31,32)23-17(2)21-16-19(26)10-13-22(21)34(23)30/h8-13,16H,5-7,14-15H2,1-4H3,(H,28,29). The highest BCUT2D eigenvalue weighted by Gasteiger charge is 2.38. The zero-order chi connectivity index (χ0) is 26.0. The van der Waals surface area contributed by atoms with Gasteiger partial charge in [0.05, 0.1) is 15.7 Å². The first-order valence-corrected chi connectivity index (χ1v) is 14.3. The van der Waals surface area contributed by atoms with Gasteiger partial charge in [0.1, 0.15) is 5.75 Å². The molecule has 1 heterocycles. The van der Waals surface area contributed by atoms with E-state index >= 15 is 0 Å². The molecule has 0 aromatic heterocycles. The van der Waals surface area contributed by atoms with Gasteiger partial charge in [-0.1, -0.05) is 30.7 Å². The van der Waals surface area contributed by atoms with Gasteiger partial charge in [-0.3, -0.25) is 0 Å². The summed E-state index contributed by atoms with van der Waals surface area (Å²) >= 11 is 6.08. The molecule has 1 aliphatic heterocycles. The number of hydrogen-bond acceptors (Lipinski definition) is 5. The molecule has 1 N–H and O–H groups in total. The van der Waals surface area contributed by atoms with E-state index < -0.39 is 32.4 Å². The molecule has 0 spiro atoms. The van der Waals surface area contributed by atoms with Gasteiger partial charge in [0.15, 0.2) is 9.84 Å². The smallest absolute Gasteiger partial charge is 0.347 e. The number of carboxylic acids is 1. The maximum atomic E-state index is 13.5. The largest absolute Gasteiger partial charge is 0.478 e. The van der Waals surface area contributed by atoms with Gasteiger partial charge < -0.3 is 9.84 Å². The number of hydrogen-bond donors (Lipinski definition) is 1. The maximum absolute atomic E-state index is 13.5. The summed E-state index contributed by atoms with van der Waals surface area (Å²) in [4.78, 5) is 11.7. The lowest BCUT2D eigenvalue weighted by atomic mass is 10.1. The van der Waals surface area contributed by atoms with Gasteiger partial charge in [0, 0.05) is 18.1 Å². The molecule has 2 aromatic carbocycles. The number of benzene rings is 2. The Kier molecular flexibility index (Phi) is 8.47. The molecule has 0 saturated carbocycles. The molecule has 1 aliphatic rings. The van der Waals surface area contributed by atoms with E-state index in [-0.39, 0.29) is 10.8 Å². The summed E-state index contributed by atoms with van der Waals surface area (Å²) in [5.74, 6) is -0.610. The number of rotatable bonds is 11. The number of aliphatic carboxylic acids is 1. The van der Waals surface area contributed by atoms with Crippen molar-refractivity contribution in [3.05, 3.63) is 62.9 Å². The lowest BCUT2D eigenvalue weighted by Gasteiger charge is -2.22. The third kappa shape index (κ3) is 5.97. The molecule has 10 heteroatoms. The third-order valence-corrected chi connectivity index (χ3v) is 10.3. The second-order valence-electron chi connectivity index (χ2n) is 8.89. The Labute approximate surface area is 214 Å². The molecule has 0 amide bonds. The third-order valence-electron chi connectivity index (χ3n) is 5.75. The lowest BCUT2D eigenvalue weighted by Crippen LogP contribution is -2.37. The molecule has 1 atom stereocenters. The first-order chi connectivity index (χ1) is 16.4. The summed E-state index contributed by atoms with van der Waals surface area (Å²) in [5, 5.41) is 9.67. The minimum absolute atomic E-state index is 0.0641. The molecular formula is C25H30ClNO6S2. The zero-order valence-corrected chi connectivity index (χ0v) is 22.6. The molecule has 35 heavy (non-hydrogen) atoms. The van der Waals surface area contributed by atoms with Crippen LogP contribution in [0.2, 0.25) is 5.02 Å². The van der Waals surface area contributed by atoms with E-state index in [4.69, 9.17) is 16.3 Å². The van der Waals surface area contributed by atoms with E-state index in [0.717, 1.165) is 5.56 Å². The van der Waals surface area contributed by atoms with E-state index in [9.17, 15) is 22.5 Å². The molecule has 3 rings (SSSR count). The van der Waals surface area contributed by atoms with Crippen LogP contribution >= 0.6 is 11.6 Å². The molecule has 0 fully saturated rings. The Bertz CT molecular complexity index is 1270. The predicted octanol–water partition coefficient (Wildman–Crippen LogP) is 5.07.